The molecular formula is C20H27N3O3S. The summed E-state index contributed by atoms with van der Waals surface area (Å²) in [7, 11) is 0.158. The summed E-state index contributed by atoms with van der Waals surface area (Å²) in [6.07, 6.45) is 0.824. The van der Waals surface area contributed by atoms with Crippen molar-refractivity contribution in [2.75, 3.05) is 31.9 Å². The van der Waals surface area contributed by atoms with E-state index in [1.165, 1.54) is 6.07 Å². The van der Waals surface area contributed by atoms with Gasteiger partial charge in [0.1, 0.15) is 0 Å². The molecule has 0 aromatic heterocycles. The Morgan fingerprint density at radius 1 is 1.04 bits per heavy atom. The van der Waals surface area contributed by atoms with E-state index in [0.29, 0.717) is 23.4 Å². The fourth-order valence-corrected chi connectivity index (χ4v) is 3.89. The van der Waals surface area contributed by atoms with Gasteiger partial charge in [-0.15, -0.1) is 0 Å². The highest BCUT2D eigenvalue weighted by Gasteiger charge is 2.19. The highest BCUT2D eigenvalue weighted by Crippen LogP contribution is 2.21. The molecule has 2 aromatic carbocycles. The second-order valence-corrected chi connectivity index (χ2v) is 8.52. The van der Waals surface area contributed by atoms with Gasteiger partial charge in [0.15, 0.2) is 0 Å². The van der Waals surface area contributed by atoms with Crippen molar-refractivity contribution < 1.29 is 13.2 Å². The van der Waals surface area contributed by atoms with Crippen LogP contribution in [-0.2, 0) is 10.0 Å². The lowest BCUT2D eigenvalue weighted by Gasteiger charge is -2.13. The van der Waals surface area contributed by atoms with Gasteiger partial charge in [0.05, 0.1) is 4.90 Å². The van der Waals surface area contributed by atoms with Crippen LogP contribution in [0.15, 0.2) is 47.4 Å². The molecule has 0 fully saturated rings. The van der Waals surface area contributed by atoms with E-state index in [9.17, 15) is 13.2 Å². The number of nitrogens with zero attached hydrogens (tertiary/aromatic N) is 1. The molecule has 2 N–H and O–H groups in total. The summed E-state index contributed by atoms with van der Waals surface area (Å²) in [4.78, 5) is 14.5. The number of carbonyl (C=O) groups excluding carboxylic acids is 1. The Labute approximate surface area is 161 Å². The molecule has 0 heterocycles. The Hall–Kier alpha value is -2.38. The molecule has 7 heteroatoms. The number of anilines is 1. The van der Waals surface area contributed by atoms with E-state index in [2.05, 4.69) is 10.0 Å². The van der Waals surface area contributed by atoms with Crippen LogP contribution in [0.4, 0.5) is 5.69 Å². The van der Waals surface area contributed by atoms with Crippen LogP contribution in [-0.4, -0.2) is 46.4 Å². The van der Waals surface area contributed by atoms with Gasteiger partial charge in [-0.3, -0.25) is 9.52 Å². The summed E-state index contributed by atoms with van der Waals surface area (Å²) >= 11 is 0. The van der Waals surface area contributed by atoms with E-state index in [1.807, 2.05) is 38.1 Å². The maximum Gasteiger partial charge on any atom is 0.262 e. The number of nitrogens with one attached hydrogen (secondary N) is 2. The zero-order chi connectivity index (χ0) is 20.0. The van der Waals surface area contributed by atoms with Crippen molar-refractivity contribution in [3.8, 4) is 0 Å². The van der Waals surface area contributed by atoms with Gasteiger partial charge in [-0.05, 0) is 70.7 Å². The van der Waals surface area contributed by atoms with Crippen molar-refractivity contribution in [2.24, 2.45) is 0 Å². The average molecular weight is 390 g/mol. The van der Waals surface area contributed by atoms with Crippen LogP contribution in [0.1, 0.15) is 27.9 Å². The van der Waals surface area contributed by atoms with E-state index >= 15 is 0 Å². The average Bonchev–Trinajstić information content (AvgIpc) is 2.60. The summed E-state index contributed by atoms with van der Waals surface area (Å²) in [6.45, 7) is 5.05. The summed E-state index contributed by atoms with van der Waals surface area (Å²) in [6, 6.07) is 11.8. The largest absolute Gasteiger partial charge is 0.352 e. The van der Waals surface area contributed by atoms with Crippen molar-refractivity contribution in [3.05, 3.63) is 59.2 Å². The highest BCUT2D eigenvalue weighted by atomic mass is 32.2. The molecule has 2 aromatic rings. The molecule has 0 aliphatic rings. The van der Waals surface area contributed by atoms with Crippen molar-refractivity contribution in [1.29, 1.82) is 0 Å². The van der Waals surface area contributed by atoms with E-state index in [-0.39, 0.29) is 10.8 Å². The molecule has 2 rings (SSSR count). The molecule has 1 amide bonds. The number of sulfonamides is 1. The van der Waals surface area contributed by atoms with Gasteiger partial charge in [-0.2, -0.15) is 0 Å². The number of carbonyl (C=O) groups is 1. The maximum atomic E-state index is 12.8. The lowest BCUT2D eigenvalue weighted by atomic mass is 10.1. The third-order valence-corrected chi connectivity index (χ3v) is 5.63. The van der Waals surface area contributed by atoms with Crippen LogP contribution in [0, 0.1) is 13.8 Å². The molecule has 0 unspecified atom stereocenters. The molecule has 6 nitrogen and oxygen atoms in total. The Kier molecular flexibility index (Phi) is 6.98. The normalized spacial score (nSPS) is 11.4. The van der Waals surface area contributed by atoms with Gasteiger partial charge in [0.25, 0.3) is 15.9 Å². The number of aryl methyl sites for hydroxylation is 2. The van der Waals surface area contributed by atoms with Crippen LogP contribution < -0.4 is 10.0 Å². The lowest BCUT2D eigenvalue weighted by Crippen LogP contribution is -2.27. The van der Waals surface area contributed by atoms with Crippen molar-refractivity contribution in [1.82, 2.24) is 10.2 Å². The Bertz CT molecular complexity index is 891. The molecule has 0 aliphatic heterocycles. The molecule has 0 spiro atoms. The van der Waals surface area contributed by atoms with Crippen LogP contribution in [0.3, 0.4) is 0 Å². The second kappa shape index (κ2) is 9.01. The zero-order valence-electron chi connectivity index (χ0n) is 16.2. The third-order valence-electron chi connectivity index (χ3n) is 4.11. The first kappa shape index (κ1) is 20.9. The molecule has 0 atom stereocenters. The van der Waals surface area contributed by atoms with Gasteiger partial charge < -0.3 is 10.2 Å². The lowest BCUT2D eigenvalue weighted by molar-refractivity contribution is 0.0952. The maximum absolute atomic E-state index is 12.8. The smallest absolute Gasteiger partial charge is 0.262 e. The standard InChI is InChI=1S/C20H27N3O3S/c1-15-6-10-18(11-7-15)22-27(25,26)19-14-17(9-8-16(19)2)20(24)21-12-5-13-23(3)4/h6-11,14,22H,5,12-13H2,1-4H3,(H,21,24). The van der Waals surface area contributed by atoms with Gasteiger partial charge >= 0.3 is 0 Å². The van der Waals surface area contributed by atoms with Crippen molar-refractivity contribution >= 4 is 21.6 Å². The number of rotatable bonds is 8. The minimum absolute atomic E-state index is 0.101. The SMILES string of the molecule is Cc1ccc(NS(=O)(=O)c2cc(C(=O)NCCCN(C)C)ccc2C)cc1. The van der Waals surface area contributed by atoms with Gasteiger partial charge in [0, 0.05) is 17.8 Å². The predicted octanol–water partition coefficient (Wildman–Crippen LogP) is 2.79. The van der Waals surface area contributed by atoms with Gasteiger partial charge in [-0.1, -0.05) is 23.8 Å². The number of hydrogen-bond donors (Lipinski definition) is 2. The quantitative estimate of drug-likeness (QED) is 0.681. The number of amides is 1. The van der Waals surface area contributed by atoms with Crippen molar-refractivity contribution in [2.45, 2.75) is 25.2 Å². The zero-order valence-corrected chi connectivity index (χ0v) is 17.1. The van der Waals surface area contributed by atoms with Gasteiger partial charge in [-0.25, -0.2) is 8.42 Å². The molecular weight excluding hydrogens is 362 g/mol. The molecule has 0 aliphatic carbocycles. The minimum atomic E-state index is -3.79. The summed E-state index contributed by atoms with van der Waals surface area (Å²) in [5.74, 6) is -0.277. The molecule has 146 valence electrons. The first-order valence-corrected chi connectivity index (χ1v) is 10.3. The molecule has 0 saturated heterocycles. The van der Waals surface area contributed by atoms with E-state index < -0.39 is 10.0 Å². The van der Waals surface area contributed by atoms with Crippen LogP contribution in [0.5, 0.6) is 0 Å². The highest BCUT2D eigenvalue weighted by molar-refractivity contribution is 7.92. The van der Waals surface area contributed by atoms with E-state index in [4.69, 9.17) is 0 Å². The summed E-state index contributed by atoms with van der Waals surface area (Å²) < 4.78 is 28.1. The molecule has 0 radical (unpaired) electrons. The molecule has 27 heavy (non-hydrogen) atoms. The van der Waals surface area contributed by atoms with Crippen molar-refractivity contribution in [3.63, 3.8) is 0 Å². The Balaban J connectivity index is 2.15. The topological polar surface area (TPSA) is 78.5 Å². The Morgan fingerprint density at radius 2 is 1.70 bits per heavy atom. The second-order valence-electron chi connectivity index (χ2n) is 6.86. The fourth-order valence-electron chi connectivity index (χ4n) is 2.56. The minimum Gasteiger partial charge on any atom is -0.352 e. The first-order chi connectivity index (χ1) is 12.7. The first-order valence-electron chi connectivity index (χ1n) is 8.82. The van der Waals surface area contributed by atoms with Crippen LogP contribution in [0.2, 0.25) is 0 Å². The summed E-state index contributed by atoms with van der Waals surface area (Å²) in [5.41, 5.74) is 2.44. The number of hydrogen-bond acceptors (Lipinski definition) is 4. The fraction of sp³-hybridized carbons (Fsp3) is 0.350. The van der Waals surface area contributed by atoms with E-state index in [1.54, 1.807) is 31.2 Å². The van der Waals surface area contributed by atoms with Crippen LogP contribution in [0.25, 0.3) is 0 Å². The van der Waals surface area contributed by atoms with E-state index in [0.717, 1.165) is 18.5 Å². The molecule has 0 bridgehead atoms. The predicted molar refractivity (Wildman–Crippen MR) is 109 cm³/mol. The van der Waals surface area contributed by atoms with Gasteiger partial charge in [0.2, 0.25) is 0 Å². The summed E-state index contributed by atoms with van der Waals surface area (Å²) in [5, 5.41) is 2.83. The van der Waals surface area contributed by atoms with Crippen LogP contribution >= 0.6 is 0 Å². The Morgan fingerprint density at radius 3 is 2.33 bits per heavy atom. The monoisotopic (exact) mass is 389 g/mol. The molecule has 0 saturated carbocycles. The number of benzene rings is 2. The third kappa shape index (κ3) is 6.08.